The average Bonchev–Trinajstić information content (AvgIpc) is 2.66. The Kier molecular flexibility index (Phi) is 1.37. The van der Waals surface area contributed by atoms with Crippen LogP contribution in [-0.2, 0) is 0 Å². The second-order valence-corrected chi connectivity index (χ2v) is 4.87. The molecule has 2 heteroatoms. The van der Waals surface area contributed by atoms with Crippen LogP contribution in [0.15, 0.2) is 0 Å². The Morgan fingerprint density at radius 1 is 0.917 bits per heavy atom. The number of fused-ring (bicyclic) bond motifs is 5. The summed E-state index contributed by atoms with van der Waals surface area (Å²) in [5.41, 5.74) is 0. The zero-order chi connectivity index (χ0) is 8.29. The van der Waals surface area contributed by atoms with E-state index in [2.05, 4.69) is 0 Å². The molecule has 2 N–H and O–H groups in total. The Bertz CT molecular complexity index is 202. The van der Waals surface area contributed by atoms with Crippen molar-refractivity contribution in [2.75, 3.05) is 0 Å². The van der Waals surface area contributed by atoms with E-state index in [1.54, 1.807) is 0 Å². The molecule has 12 heavy (non-hydrogen) atoms. The summed E-state index contributed by atoms with van der Waals surface area (Å²) < 4.78 is 0. The minimum Gasteiger partial charge on any atom is -0.390 e. The van der Waals surface area contributed by atoms with Gasteiger partial charge in [0.1, 0.15) is 0 Å². The van der Waals surface area contributed by atoms with Crippen LogP contribution in [0.25, 0.3) is 0 Å². The van der Waals surface area contributed by atoms with Crippen molar-refractivity contribution in [3.8, 4) is 0 Å². The first kappa shape index (κ1) is 7.34. The molecule has 0 saturated heterocycles. The predicted molar refractivity (Wildman–Crippen MR) is 44.4 cm³/mol. The summed E-state index contributed by atoms with van der Waals surface area (Å²) in [6.07, 6.45) is 4.04. The molecule has 3 saturated carbocycles. The third-order valence-corrected chi connectivity index (χ3v) is 4.46. The summed E-state index contributed by atoms with van der Waals surface area (Å²) in [6.45, 7) is 0. The van der Waals surface area contributed by atoms with Gasteiger partial charge in [0.05, 0.1) is 12.2 Å². The van der Waals surface area contributed by atoms with E-state index in [-0.39, 0.29) is 0 Å². The van der Waals surface area contributed by atoms with Crippen LogP contribution < -0.4 is 0 Å². The molecule has 2 bridgehead atoms. The fraction of sp³-hybridized carbons (Fsp3) is 1.00. The zero-order valence-electron chi connectivity index (χ0n) is 7.19. The molecule has 0 heterocycles. The summed E-state index contributed by atoms with van der Waals surface area (Å²) in [7, 11) is 0. The molecular formula is C10H16O2. The molecule has 0 amide bonds. The van der Waals surface area contributed by atoms with Gasteiger partial charge < -0.3 is 10.2 Å². The van der Waals surface area contributed by atoms with E-state index in [4.69, 9.17) is 0 Å². The summed E-state index contributed by atoms with van der Waals surface area (Å²) in [6, 6.07) is 0. The van der Waals surface area contributed by atoms with Gasteiger partial charge in [0, 0.05) is 0 Å². The van der Waals surface area contributed by atoms with Crippen molar-refractivity contribution in [3.63, 3.8) is 0 Å². The van der Waals surface area contributed by atoms with Crippen molar-refractivity contribution in [1.29, 1.82) is 0 Å². The first-order valence-electron chi connectivity index (χ1n) is 5.13. The van der Waals surface area contributed by atoms with E-state index in [1.807, 2.05) is 0 Å². The van der Waals surface area contributed by atoms with E-state index in [9.17, 15) is 10.2 Å². The van der Waals surface area contributed by atoms with Crippen molar-refractivity contribution in [3.05, 3.63) is 0 Å². The van der Waals surface area contributed by atoms with Gasteiger partial charge in [-0.25, -0.2) is 0 Å². The van der Waals surface area contributed by atoms with Crippen LogP contribution in [0.3, 0.4) is 0 Å². The SMILES string of the molecule is OC1C[C@H]2[C@@H]3CC[C@@H](C3)[C@H]2C1O. The fourth-order valence-electron chi connectivity index (χ4n) is 4.01. The van der Waals surface area contributed by atoms with Gasteiger partial charge in [-0.05, 0) is 49.4 Å². The second kappa shape index (κ2) is 2.24. The van der Waals surface area contributed by atoms with Gasteiger partial charge in [-0.3, -0.25) is 0 Å². The lowest BCUT2D eigenvalue weighted by Crippen LogP contribution is -2.29. The number of hydrogen-bond donors (Lipinski definition) is 2. The molecule has 2 unspecified atom stereocenters. The van der Waals surface area contributed by atoms with E-state index < -0.39 is 12.2 Å². The maximum atomic E-state index is 9.74. The summed E-state index contributed by atoms with van der Waals surface area (Å²) in [4.78, 5) is 0. The van der Waals surface area contributed by atoms with E-state index >= 15 is 0 Å². The molecule has 68 valence electrons. The quantitative estimate of drug-likeness (QED) is 0.561. The highest BCUT2D eigenvalue weighted by Gasteiger charge is 2.55. The van der Waals surface area contributed by atoms with E-state index in [1.165, 1.54) is 19.3 Å². The molecule has 0 aliphatic heterocycles. The normalized spacial score (nSPS) is 62.5. The van der Waals surface area contributed by atoms with Crippen LogP contribution >= 0.6 is 0 Å². The van der Waals surface area contributed by atoms with Crippen LogP contribution in [0.2, 0.25) is 0 Å². The first-order chi connectivity index (χ1) is 5.77. The first-order valence-corrected chi connectivity index (χ1v) is 5.13. The van der Waals surface area contributed by atoms with Crippen molar-refractivity contribution >= 4 is 0 Å². The van der Waals surface area contributed by atoms with Crippen LogP contribution in [0.4, 0.5) is 0 Å². The Balaban J connectivity index is 1.90. The minimum atomic E-state index is -0.414. The lowest BCUT2D eigenvalue weighted by Gasteiger charge is -2.25. The summed E-state index contributed by atoms with van der Waals surface area (Å²) in [5, 5.41) is 19.3. The molecule has 3 aliphatic carbocycles. The van der Waals surface area contributed by atoms with Crippen LogP contribution in [-0.4, -0.2) is 22.4 Å². The molecule has 0 radical (unpaired) electrons. The van der Waals surface area contributed by atoms with Gasteiger partial charge in [-0.15, -0.1) is 0 Å². The minimum absolute atomic E-state index is 0.398. The molecule has 0 aromatic heterocycles. The Labute approximate surface area is 72.6 Å². The molecule has 0 aromatic carbocycles. The van der Waals surface area contributed by atoms with Crippen LogP contribution in [0.1, 0.15) is 25.7 Å². The zero-order valence-corrected chi connectivity index (χ0v) is 7.19. The smallest absolute Gasteiger partial charge is 0.0832 e. The van der Waals surface area contributed by atoms with Gasteiger partial charge in [0.15, 0.2) is 0 Å². The van der Waals surface area contributed by atoms with Crippen molar-refractivity contribution in [1.82, 2.24) is 0 Å². The third-order valence-electron chi connectivity index (χ3n) is 4.46. The number of aliphatic hydroxyl groups is 2. The van der Waals surface area contributed by atoms with Gasteiger partial charge in [0.25, 0.3) is 0 Å². The molecule has 0 aromatic rings. The highest BCUT2D eigenvalue weighted by Crippen LogP contribution is 2.58. The maximum Gasteiger partial charge on any atom is 0.0832 e. The van der Waals surface area contributed by atoms with E-state index in [0.717, 1.165) is 18.3 Å². The second-order valence-electron chi connectivity index (χ2n) is 4.87. The third kappa shape index (κ3) is 0.728. The van der Waals surface area contributed by atoms with Crippen molar-refractivity contribution in [2.45, 2.75) is 37.9 Å². The van der Waals surface area contributed by atoms with E-state index in [0.29, 0.717) is 11.8 Å². The summed E-state index contributed by atoms with van der Waals surface area (Å²) >= 11 is 0. The highest BCUT2D eigenvalue weighted by atomic mass is 16.3. The average molecular weight is 168 g/mol. The number of rotatable bonds is 0. The molecule has 3 aliphatic rings. The lowest BCUT2D eigenvalue weighted by molar-refractivity contribution is 0.00654. The van der Waals surface area contributed by atoms with Gasteiger partial charge in [-0.1, -0.05) is 0 Å². The molecule has 6 atom stereocenters. The van der Waals surface area contributed by atoms with Gasteiger partial charge >= 0.3 is 0 Å². The number of aliphatic hydroxyl groups excluding tert-OH is 2. The van der Waals surface area contributed by atoms with Crippen LogP contribution in [0, 0.1) is 23.7 Å². The van der Waals surface area contributed by atoms with Crippen LogP contribution in [0.5, 0.6) is 0 Å². The topological polar surface area (TPSA) is 40.5 Å². The Morgan fingerprint density at radius 2 is 1.67 bits per heavy atom. The van der Waals surface area contributed by atoms with Crippen molar-refractivity contribution in [2.24, 2.45) is 23.7 Å². The lowest BCUT2D eigenvalue weighted by atomic mass is 9.81. The predicted octanol–water partition coefficient (Wildman–Crippen LogP) is 0.774. The molecule has 3 fully saturated rings. The Morgan fingerprint density at radius 3 is 2.42 bits per heavy atom. The molecule has 3 rings (SSSR count). The largest absolute Gasteiger partial charge is 0.390 e. The van der Waals surface area contributed by atoms with Gasteiger partial charge in [-0.2, -0.15) is 0 Å². The maximum absolute atomic E-state index is 9.74. The standard InChI is InChI=1S/C10H16O2/c11-8-4-7-5-1-2-6(3-5)9(7)10(8)12/h5-12H,1-4H2/t5-,6+,7+,8?,9-,10?/m1/s1. The number of hydrogen-bond acceptors (Lipinski definition) is 2. The highest BCUT2D eigenvalue weighted by molar-refractivity contribution is 5.05. The fourth-order valence-corrected chi connectivity index (χ4v) is 4.01. The van der Waals surface area contributed by atoms with Gasteiger partial charge in [0.2, 0.25) is 0 Å². The summed E-state index contributed by atoms with van der Waals surface area (Å²) in [5.74, 6) is 2.70. The molecule has 2 nitrogen and oxygen atoms in total. The molecular weight excluding hydrogens is 152 g/mol. The Hall–Kier alpha value is -0.0800. The van der Waals surface area contributed by atoms with Crippen molar-refractivity contribution < 1.29 is 10.2 Å². The monoisotopic (exact) mass is 168 g/mol. The molecule has 0 spiro atoms.